The molecule has 3 rings (SSSR count). The molecule has 0 amide bonds. The van der Waals surface area contributed by atoms with Crippen molar-refractivity contribution in [2.75, 3.05) is 12.3 Å². The summed E-state index contributed by atoms with van der Waals surface area (Å²) < 4.78 is 28.4. The summed E-state index contributed by atoms with van der Waals surface area (Å²) in [7, 11) is -3.87. The van der Waals surface area contributed by atoms with Gasteiger partial charge in [-0.1, -0.05) is 25.7 Å². The van der Waals surface area contributed by atoms with Gasteiger partial charge in [0.25, 0.3) is 10.0 Å². The summed E-state index contributed by atoms with van der Waals surface area (Å²) >= 11 is 0. The second-order valence-electron chi connectivity index (χ2n) is 6.57. The van der Waals surface area contributed by atoms with E-state index in [1.807, 2.05) is 6.21 Å². The lowest BCUT2D eigenvalue weighted by Gasteiger charge is -2.25. The van der Waals surface area contributed by atoms with Crippen LogP contribution in [0.1, 0.15) is 38.5 Å². The summed E-state index contributed by atoms with van der Waals surface area (Å²) in [4.78, 5) is 0.0620. The van der Waals surface area contributed by atoms with Crippen LogP contribution in [-0.2, 0) is 10.0 Å². The van der Waals surface area contributed by atoms with Crippen molar-refractivity contribution in [3.05, 3.63) is 24.3 Å². The summed E-state index contributed by atoms with van der Waals surface area (Å²) in [6, 6.07) is 5.88. The molecule has 0 unspecified atom stereocenters. The number of benzene rings is 1. The first-order chi connectivity index (χ1) is 11.4. The molecule has 0 aromatic heterocycles. The van der Waals surface area contributed by atoms with Crippen molar-refractivity contribution in [1.29, 1.82) is 0 Å². The lowest BCUT2D eigenvalue weighted by molar-refractivity contribution is 0.306. The van der Waals surface area contributed by atoms with Crippen molar-refractivity contribution in [3.8, 4) is 0 Å². The molecule has 1 aromatic rings. The normalized spacial score (nSPS) is 21.2. The number of hydrazone groups is 1. The van der Waals surface area contributed by atoms with Crippen LogP contribution in [0.25, 0.3) is 0 Å². The Morgan fingerprint density at radius 2 is 1.75 bits per heavy atom. The van der Waals surface area contributed by atoms with Crippen molar-refractivity contribution < 1.29 is 8.42 Å². The zero-order valence-electron chi connectivity index (χ0n) is 13.6. The van der Waals surface area contributed by atoms with Crippen LogP contribution < -0.4 is 11.5 Å². The summed E-state index contributed by atoms with van der Waals surface area (Å²) in [5, 5.41) is 5.81. The highest BCUT2D eigenvalue weighted by Crippen LogP contribution is 2.37. The van der Waals surface area contributed by atoms with Gasteiger partial charge in [0.15, 0.2) is 0 Å². The highest BCUT2D eigenvalue weighted by Gasteiger charge is 2.36. The Bertz CT molecular complexity index is 747. The van der Waals surface area contributed by atoms with Gasteiger partial charge in [0.05, 0.1) is 11.4 Å². The molecule has 0 bridgehead atoms. The highest BCUT2D eigenvalue weighted by atomic mass is 32.2. The second kappa shape index (κ2) is 6.43. The summed E-state index contributed by atoms with van der Waals surface area (Å²) in [6.45, 7) is 0.597. The van der Waals surface area contributed by atoms with Crippen molar-refractivity contribution >= 4 is 27.9 Å². The number of rotatable bonds is 2. The third-order valence-electron chi connectivity index (χ3n) is 4.69. The van der Waals surface area contributed by atoms with Gasteiger partial charge in [-0.05, 0) is 37.1 Å². The van der Waals surface area contributed by atoms with Gasteiger partial charge in [-0.15, -0.1) is 4.40 Å². The standard InChI is InChI=1S/C16H23N5O2S/c17-13-5-7-14(8-6-13)24(22,23)20-15(18)21-12-16(11-19-21)9-3-1-2-4-10-16/h5-8,11H,1-4,9-10,12,17H2,(H2,18,20). The summed E-state index contributed by atoms with van der Waals surface area (Å²) in [5.41, 5.74) is 12.0. The van der Waals surface area contributed by atoms with Gasteiger partial charge in [0.1, 0.15) is 0 Å². The van der Waals surface area contributed by atoms with Crippen LogP contribution in [0.15, 0.2) is 38.7 Å². The maximum Gasteiger partial charge on any atom is 0.285 e. The van der Waals surface area contributed by atoms with E-state index in [0.29, 0.717) is 12.2 Å². The molecule has 1 spiro atoms. The molecule has 0 saturated heterocycles. The summed E-state index contributed by atoms with van der Waals surface area (Å²) in [5.74, 6) is -0.0933. The first-order valence-electron chi connectivity index (χ1n) is 8.19. The smallest absolute Gasteiger partial charge is 0.285 e. The molecule has 24 heavy (non-hydrogen) atoms. The van der Waals surface area contributed by atoms with Crippen molar-refractivity contribution in [1.82, 2.24) is 5.01 Å². The molecule has 2 aliphatic rings. The first-order valence-corrected chi connectivity index (χ1v) is 9.63. The Morgan fingerprint density at radius 3 is 2.38 bits per heavy atom. The maximum absolute atomic E-state index is 12.3. The molecule has 4 N–H and O–H groups in total. The Hall–Kier alpha value is -2.09. The number of hydrogen-bond donors (Lipinski definition) is 2. The minimum Gasteiger partial charge on any atom is -0.399 e. The SMILES string of the molecule is N/C(=N\S(=O)(=O)c1ccc(N)cc1)N1CC2(C=N1)CCCCCC2. The van der Waals surface area contributed by atoms with Gasteiger partial charge in [-0.25, -0.2) is 5.01 Å². The van der Waals surface area contributed by atoms with E-state index in [1.165, 1.54) is 55.0 Å². The molecule has 1 aliphatic carbocycles. The topological polar surface area (TPSA) is 114 Å². The van der Waals surface area contributed by atoms with E-state index in [-0.39, 0.29) is 16.3 Å². The van der Waals surface area contributed by atoms with E-state index in [0.717, 1.165) is 12.8 Å². The fraction of sp³-hybridized carbons (Fsp3) is 0.500. The number of nitrogen functional groups attached to an aromatic ring is 1. The predicted molar refractivity (Wildman–Crippen MR) is 95.0 cm³/mol. The van der Waals surface area contributed by atoms with E-state index >= 15 is 0 Å². The van der Waals surface area contributed by atoms with Crippen LogP contribution in [0.5, 0.6) is 0 Å². The minimum absolute atomic E-state index is 0.00159. The number of guanidine groups is 1. The molecule has 1 fully saturated rings. The fourth-order valence-electron chi connectivity index (χ4n) is 3.29. The van der Waals surface area contributed by atoms with E-state index in [1.54, 1.807) is 0 Å². The molecule has 1 aliphatic heterocycles. The largest absolute Gasteiger partial charge is 0.399 e. The third-order valence-corrected chi connectivity index (χ3v) is 5.99. The van der Waals surface area contributed by atoms with Crippen LogP contribution in [-0.4, -0.2) is 32.1 Å². The lowest BCUT2D eigenvalue weighted by Crippen LogP contribution is -2.37. The van der Waals surface area contributed by atoms with E-state index in [2.05, 4.69) is 9.50 Å². The van der Waals surface area contributed by atoms with E-state index in [4.69, 9.17) is 11.5 Å². The Morgan fingerprint density at radius 1 is 1.12 bits per heavy atom. The Labute approximate surface area is 142 Å². The van der Waals surface area contributed by atoms with Crippen LogP contribution >= 0.6 is 0 Å². The lowest BCUT2D eigenvalue weighted by atomic mass is 9.82. The van der Waals surface area contributed by atoms with Crippen molar-refractivity contribution in [3.63, 3.8) is 0 Å². The highest BCUT2D eigenvalue weighted by molar-refractivity contribution is 7.90. The monoisotopic (exact) mass is 349 g/mol. The van der Waals surface area contributed by atoms with Gasteiger partial charge < -0.3 is 11.5 Å². The van der Waals surface area contributed by atoms with Gasteiger partial charge in [-0.2, -0.15) is 13.5 Å². The second-order valence-corrected chi connectivity index (χ2v) is 8.18. The van der Waals surface area contributed by atoms with Crippen molar-refractivity contribution in [2.24, 2.45) is 20.6 Å². The summed E-state index contributed by atoms with van der Waals surface area (Å²) in [6.07, 6.45) is 8.86. The van der Waals surface area contributed by atoms with Gasteiger partial charge in [0.2, 0.25) is 5.96 Å². The van der Waals surface area contributed by atoms with Gasteiger partial charge >= 0.3 is 0 Å². The zero-order chi connectivity index (χ0) is 17.2. The first kappa shape index (κ1) is 16.8. The Balaban J connectivity index is 1.77. The minimum atomic E-state index is -3.87. The fourth-order valence-corrected chi connectivity index (χ4v) is 4.22. The molecular weight excluding hydrogens is 326 g/mol. The third kappa shape index (κ3) is 3.53. The molecule has 8 heteroatoms. The molecule has 0 atom stereocenters. The predicted octanol–water partition coefficient (Wildman–Crippen LogP) is 1.91. The molecule has 1 heterocycles. The Kier molecular flexibility index (Phi) is 4.49. The number of hydrogen-bond acceptors (Lipinski definition) is 4. The van der Waals surface area contributed by atoms with Crippen LogP contribution in [0.2, 0.25) is 0 Å². The van der Waals surface area contributed by atoms with E-state index in [9.17, 15) is 8.42 Å². The van der Waals surface area contributed by atoms with Gasteiger partial charge in [0, 0.05) is 17.3 Å². The number of nitrogens with two attached hydrogens (primary N) is 2. The molecule has 7 nitrogen and oxygen atoms in total. The van der Waals surface area contributed by atoms with Crippen molar-refractivity contribution in [2.45, 2.75) is 43.4 Å². The average molecular weight is 349 g/mol. The average Bonchev–Trinajstić information content (AvgIpc) is 2.81. The molecule has 1 aromatic carbocycles. The number of anilines is 1. The van der Waals surface area contributed by atoms with Crippen LogP contribution in [0, 0.1) is 5.41 Å². The molecule has 130 valence electrons. The zero-order valence-corrected chi connectivity index (χ0v) is 14.4. The quantitative estimate of drug-likeness (QED) is 0.481. The molecule has 0 radical (unpaired) electrons. The van der Waals surface area contributed by atoms with Gasteiger partial charge in [-0.3, -0.25) is 0 Å². The molecular formula is C16H23N5O2S. The van der Waals surface area contributed by atoms with E-state index < -0.39 is 10.0 Å². The van der Waals surface area contributed by atoms with Crippen LogP contribution in [0.4, 0.5) is 5.69 Å². The van der Waals surface area contributed by atoms with Crippen LogP contribution in [0.3, 0.4) is 0 Å². The number of nitrogens with zero attached hydrogens (tertiary/aromatic N) is 3. The number of sulfonamides is 1. The maximum atomic E-state index is 12.3. The molecule has 1 saturated carbocycles.